The van der Waals surface area contributed by atoms with Crippen LogP contribution in [0, 0.1) is 26.2 Å². The van der Waals surface area contributed by atoms with E-state index in [1.165, 1.54) is 6.20 Å². The molecule has 8 heteroatoms. The summed E-state index contributed by atoms with van der Waals surface area (Å²) < 4.78 is 7.17. The van der Waals surface area contributed by atoms with Crippen LogP contribution in [0.25, 0.3) is 27.6 Å². The van der Waals surface area contributed by atoms with Gasteiger partial charge < -0.3 is 14.8 Å². The van der Waals surface area contributed by atoms with Crippen LogP contribution in [0.5, 0.6) is 11.6 Å². The summed E-state index contributed by atoms with van der Waals surface area (Å²) in [6, 6.07) is 3.82. The fraction of sp³-hybridized carbons (Fsp3) is 0.211. The second kappa shape index (κ2) is 5.99. The molecule has 0 radical (unpaired) electrons. The maximum atomic E-state index is 10.5. The first kappa shape index (κ1) is 17.4. The Hall–Kier alpha value is -3.06. The van der Waals surface area contributed by atoms with Gasteiger partial charge in [-0.2, -0.15) is 0 Å². The van der Waals surface area contributed by atoms with Gasteiger partial charge in [0, 0.05) is 5.56 Å². The summed E-state index contributed by atoms with van der Waals surface area (Å²) in [5.41, 5.74) is 3.79. The van der Waals surface area contributed by atoms with Gasteiger partial charge in [-0.15, -0.1) is 0 Å². The van der Waals surface area contributed by atoms with Gasteiger partial charge in [0.25, 0.3) is 0 Å². The minimum Gasteiger partial charge on any atom is -0.496 e. The van der Waals surface area contributed by atoms with Crippen molar-refractivity contribution in [3.8, 4) is 17.3 Å². The number of benzene rings is 1. The number of aromatic nitrogens is 4. The summed E-state index contributed by atoms with van der Waals surface area (Å²) in [6.45, 7) is 5.71. The fourth-order valence-electron chi connectivity index (χ4n) is 3.58. The molecule has 4 rings (SSSR count). The maximum absolute atomic E-state index is 10.5. The highest BCUT2D eigenvalue weighted by atomic mass is 35.5. The average Bonchev–Trinajstić information content (AvgIpc) is 2.84. The molecule has 0 fully saturated rings. The Morgan fingerprint density at radius 2 is 1.96 bits per heavy atom. The molecular formula is C19H18ClN5O2. The summed E-state index contributed by atoms with van der Waals surface area (Å²) in [7, 11) is 1.61. The Morgan fingerprint density at radius 1 is 1.22 bits per heavy atom. The number of hydrogen-bond donors (Lipinski definition) is 3. The van der Waals surface area contributed by atoms with Gasteiger partial charge in [0.2, 0.25) is 5.88 Å². The first-order chi connectivity index (χ1) is 12.8. The van der Waals surface area contributed by atoms with Crippen molar-refractivity contribution in [3.05, 3.63) is 45.8 Å². The van der Waals surface area contributed by atoms with Gasteiger partial charge in [-0.3, -0.25) is 9.98 Å². The zero-order valence-electron chi connectivity index (χ0n) is 15.3. The van der Waals surface area contributed by atoms with E-state index >= 15 is 0 Å². The molecule has 3 N–H and O–H groups in total. The van der Waals surface area contributed by atoms with E-state index in [1.807, 2.05) is 32.9 Å². The van der Waals surface area contributed by atoms with Crippen LogP contribution in [0.15, 0.2) is 18.3 Å². The Labute approximate surface area is 159 Å². The SMILES string of the molecule is COc1ccc(C)c(-n2c(=N)c3c(O)ncc(Cl)c4[nH]c(C)nc2c43)c1C. The summed E-state index contributed by atoms with van der Waals surface area (Å²) in [5, 5.41) is 20.4. The Kier molecular flexibility index (Phi) is 3.85. The van der Waals surface area contributed by atoms with Gasteiger partial charge in [-0.05, 0) is 32.4 Å². The van der Waals surface area contributed by atoms with Crippen molar-refractivity contribution in [1.82, 2.24) is 19.5 Å². The van der Waals surface area contributed by atoms with Crippen molar-refractivity contribution in [2.24, 2.45) is 0 Å². The molecule has 138 valence electrons. The third kappa shape index (κ3) is 2.39. The molecular weight excluding hydrogens is 366 g/mol. The molecule has 0 amide bonds. The zero-order valence-corrected chi connectivity index (χ0v) is 16.1. The molecule has 3 aromatic heterocycles. The van der Waals surface area contributed by atoms with Crippen molar-refractivity contribution in [3.63, 3.8) is 0 Å². The lowest BCUT2D eigenvalue weighted by molar-refractivity contribution is 0.411. The van der Waals surface area contributed by atoms with Crippen LogP contribution in [0.3, 0.4) is 0 Å². The van der Waals surface area contributed by atoms with Crippen LogP contribution in [0.2, 0.25) is 5.02 Å². The number of rotatable bonds is 2. The fourth-order valence-corrected chi connectivity index (χ4v) is 3.77. The summed E-state index contributed by atoms with van der Waals surface area (Å²) >= 11 is 6.37. The number of hydrogen-bond acceptors (Lipinski definition) is 5. The molecule has 0 aliphatic rings. The summed E-state index contributed by atoms with van der Waals surface area (Å²) in [4.78, 5) is 11.7. The zero-order chi connectivity index (χ0) is 19.5. The third-order valence-corrected chi connectivity index (χ3v) is 5.05. The molecule has 0 aliphatic heterocycles. The predicted molar refractivity (Wildman–Crippen MR) is 104 cm³/mol. The lowest BCUT2D eigenvalue weighted by Crippen LogP contribution is -2.16. The van der Waals surface area contributed by atoms with E-state index in [1.54, 1.807) is 11.7 Å². The van der Waals surface area contributed by atoms with Crippen LogP contribution in [-0.4, -0.2) is 31.7 Å². The highest BCUT2D eigenvalue weighted by molar-refractivity contribution is 6.36. The van der Waals surface area contributed by atoms with E-state index in [-0.39, 0.29) is 16.8 Å². The minimum absolute atomic E-state index is 0.0817. The number of aryl methyl sites for hydroxylation is 2. The topological polar surface area (TPSA) is 99.8 Å². The van der Waals surface area contributed by atoms with Crippen molar-refractivity contribution < 1.29 is 9.84 Å². The molecule has 3 heterocycles. The van der Waals surface area contributed by atoms with Crippen LogP contribution in [0.1, 0.15) is 17.0 Å². The molecule has 7 nitrogen and oxygen atoms in total. The smallest absolute Gasteiger partial charge is 0.222 e. The first-order valence-electron chi connectivity index (χ1n) is 8.32. The highest BCUT2D eigenvalue weighted by Gasteiger charge is 2.22. The van der Waals surface area contributed by atoms with Crippen LogP contribution < -0.4 is 10.2 Å². The van der Waals surface area contributed by atoms with Gasteiger partial charge in [0.1, 0.15) is 17.1 Å². The van der Waals surface area contributed by atoms with Crippen molar-refractivity contribution in [2.45, 2.75) is 20.8 Å². The number of methoxy groups -OCH3 is 1. The lowest BCUT2D eigenvalue weighted by Gasteiger charge is -2.15. The number of nitrogens with zero attached hydrogens (tertiary/aromatic N) is 3. The molecule has 0 saturated carbocycles. The largest absolute Gasteiger partial charge is 0.496 e. The molecule has 1 aromatic carbocycles. The van der Waals surface area contributed by atoms with Crippen LogP contribution in [0.4, 0.5) is 0 Å². The van der Waals surface area contributed by atoms with E-state index in [9.17, 15) is 5.11 Å². The predicted octanol–water partition coefficient (Wildman–Crippen LogP) is 3.67. The van der Waals surface area contributed by atoms with E-state index in [0.717, 1.165) is 16.8 Å². The summed E-state index contributed by atoms with van der Waals surface area (Å²) in [6.07, 6.45) is 1.37. The average molecular weight is 384 g/mol. The van der Waals surface area contributed by atoms with Gasteiger partial charge in [-0.1, -0.05) is 17.7 Å². The highest BCUT2D eigenvalue weighted by Crippen LogP contribution is 2.34. The molecule has 0 unspecified atom stereocenters. The van der Waals surface area contributed by atoms with Crippen molar-refractivity contribution in [1.29, 1.82) is 5.41 Å². The van der Waals surface area contributed by atoms with Gasteiger partial charge in [0.15, 0.2) is 5.65 Å². The number of aromatic hydroxyl groups is 1. The second-order valence-electron chi connectivity index (χ2n) is 6.44. The van der Waals surface area contributed by atoms with E-state index in [2.05, 4.69) is 15.0 Å². The number of halogens is 1. The van der Waals surface area contributed by atoms with Gasteiger partial charge in [-0.25, -0.2) is 9.97 Å². The molecule has 0 spiro atoms. The molecule has 0 atom stereocenters. The van der Waals surface area contributed by atoms with Gasteiger partial charge >= 0.3 is 0 Å². The number of H-pyrrole nitrogens is 1. The molecule has 27 heavy (non-hydrogen) atoms. The van der Waals surface area contributed by atoms with E-state index in [0.29, 0.717) is 33.1 Å². The maximum Gasteiger partial charge on any atom is 0.222 e. The number of aromatic amines is 1. The van der Waals surface area contributed by atoms with E-state index < -0.39 is 0 Å². The van der Waals surface area contributed by atoms with Gasteiger partial charge in [0.05, 0.1) is 40.3 Å². The second-order valence-corrected chi connectivity index (χ2v) is 6.85. The molecule has 0 aliphatic carbocycles. The summed E-state index contributed by atoms with van der Waals surface area (Å²) in [5.74, 6) is 1.08. The van der Waals surface area contributed by atoms with Crippen molar-refractivity contribution in [2.75, 3.05) is 7.11 Å². The lowest BCUT2D eigenvalue weighted by atomic mass is 10.1. The van der Waals surface area contributed by atoms with Crippen LogP contribution >= 0.6 is 11.6 Å². The van der Waals surface area contributed by atoms with Crippen molar-refractivity contribution >= 4 is 33.5 Å². The number of nitrogens with one attached hydrogen (secondary N) is 2. The monoisotopic (exact) mass is 383 g/mol. The Bertz CT molecular complexity index is 1290. The normalized spacial score (nSPS) is 11.4. The number of ether oxygens (including phenoxy) is 1. The van der Waals surface area contributed by atoms with Crippen LogP contribution in [-0.2, 0) is 0 Å². The molecule has 0 bridgehead atoms. The standard InChI is InChI=1S/C19H18ClN5O2/c1-8-5-6-12(27-4)9(2)16(8)25-17(21)14-13-15(11(20)7-22-19(14)26)23-10(3)24-18(13)25/h5-7,21,26H,1-4H3,(H,23,24). The Morgan fingerprint density at radius 3 is 2.67 bits per heavy atom. The minimum atomic E-state index is -0.266. The quantitative estimate of drug-likeness (QED) is 0.491. The Balaban J connectivity index is 2.32. The van der Waals surface area contributed by atoms with E-state index in [4.69, 9.17) is 21.7 Å². The molecule has 4 aromatic rings. The first-order valence-corrected chi connectivity index (χ1v) is 8.70. The third-order valence-electron chi connectivity index (χ3n) is 4.76. The molecule has 0 saturated heterocycles.